The molecule has 0 aromatic heterocycles. The zero-order chi connectivity index (χ0) is 23.4. The molecule has 1 aliphatic rings. The van der Waals surface area contributed by atoms with Gasteiger partial charge in [-0.25, -0.2) is 8.42 Å². The van der Waals surface area contributed by atoms with Crippen LogP contribution < -0.4 is 10.1 Å². The van der Waals surface area contributed by atoms with Gasteiger partial charge in [-0.15, -0.1) is 0 Å². The Kier molecular flexibility index (Phi) is 7.62. The van der Waals surface area contributed by atoms with E-state index in [0.717, 1.165) is 16.9 Å². The summed E-state index contributed by atoms with van der Waals surface area (Å²) < 4.78 is 32.9. The molecule has 1 saturated heterocycles. The zero-order valence-corrected chi connectivity index (χ0v) is 20.2. The van der Waals surface area contributed by atoms with Gasteiger partial charge < -0.3 is 10.1 Å². The molecular formula is C25H34N2O4S. The van der Waals surface area contributed by atoms with Crippen molar-refractivity contribution in [3.8, 4) is 5.75 Å². The van der Waals surface area contributed by atoms with Crippen molar-refractivity contribution < 1.29 is 17.9 Å². The summed E-state index contributed by atoms with van der Waals surface area (Å²) in [5, 5.41) is 3.00. The van der Waals surface area contributed by atoms with Crippen LogP contribution in [0.2, 0.25) is 0 Å². The molecule has 0 spiro atoms. The lowest BCUT2D eigenvalue weighted by Crippen LogP contribution is -2.43. The van der Waals surface area contributed by atoms with Crippen LogP contribution in [0.1, 0.15) is 44.7 Å². The lowest BCUT2D eigenvalue weighted by atomic mass is 9.87. The summed E-state index contributed by atoms with van der Waals surface area (Å²) in [6.07, 6.45) is 1.74. The number of hydrogen-bond acceptors (Lipinski definition) is 4. The fourth-order valence-electron chi connectivity index (χ4n) is 4.01. The molecule has 0 aliphatic carbocycles. The smallest absolute Gasteiger partial charge is 0.243 e. The molecule has 1 heterocycles. The van der Waals surface area contributed by atoms with Crippen LogP contribution in [0.15, 0.2) is 53.4 Å². The Morgan fingerprint density at radius 3 is 2.28 bits per heavy atom. The van der Waals surface area contributed by atoms with E-state index in [1.165, 1.54) is 4.31 Å². The molecule has 3 rings (SSSR count). The summed E-state index contributed by atoms with van der Waals surface area (Å²) >= 11 is 0. The van der Waals surface area contributed by atoms with Crippen molar-refractivity contribution in [1.29, 1.82) is 0 Å². The van der Waals surface area contributed by atoms with Crippen LogP contribution in [0.5, 0.6) is 5.75 Å². The van der Waals surface area contributed by atoms with E-state index in [1.54, 1.807) is 19.2 Å². The Labute approximate surface area is 192 Å². The molecule has 1 aliphatic heterocycles. The van der Waals surface area contributed by atoms with E-state index in [9.17, 15) is 13.2 Å². The Balaban J connectivity index is 1.52. The molecule has 1 fully saturated rings. The number of nitrogens with zero attached hydrogens (tertiary/aromatic N) is 1. The van der Waals surface area contributed by atoms with Crippen LogP contribution in [0, 0.1) is 5.92 Å². The van der Waals surface area contributed by atoms with E-state index in [4.69, 9.17) is 4.74 Å². The van der Waals surface area contributed by atoms with Crippen molar-refractivity contribution in [3.63, 3.8) is 0 Å². The fourth-order valence-corrected chi connectivity index (χ4v) is 5.48. The van der Waals surface area contributed by atoms with Crippen LogP contribution in [0.25, 0.3) is 0 Å². The molecule has 1 N–H and O–H groups in total. The second kappa shape index (κ2) is 10.0. The lowest BCUT2D eigenvalue weighted by molar-refractivity contribution is -0.126. The first-order valence-corrected chi connectivity index (χ1v) is 12.6. The summed E-state index contributed by atoms with van der Waals surface area (Å²) in [5.41, 5.74) is 2.12. The second-order valence-corrected chi connectivity index (χ2v) is 11.2. The minimum Gasteiger partial charge on any atom is -0.496 e. The number of rotatable bonds is 7. The lowest BCUT2D eigenvalue weighted by Gasteiger charge is -2.30. The fraction of sp³-hybridized carbons (Fsp3) is 0.480. The van der Waals surface area contributed by atoms with Gasteiger partial charge in [-0.2, -0.15) is 4.31 Å². The number of amides is 1. The monoisotopic (exact) mass is 458 g/mol. The van der Waals surface area contributed by atoms with Gasteiger partial charge in [0.1, 0.15) is 5.75 Å². The highest BCUT2D eigenvalue weighted by molar-refractivity contribution is 7.89. The van der Waals surface area contributed by atoms with Gasteiger partial charge in [0.15, 0.2) is 0 Å². The van der Waals surface area contributed by atoms with Crippen LogP contribution in [0.4, 0.5) is 0 Å². The molecule has 2 aromatic rings. The van der Waals surface area contributed by atoms with E-state index in [1.807, 2.05) is 36.4 Å². The van der Waals surface area contributed by atoms with Gasteiger partial charge in [-0.3, -0.25) is 4.79 Å². The Bertz CT molecular complexity index is 1020. The van der Waals surface area contributed by atoms with Crippen molar-refractivity contribution in [2.24, 2.45) is 5.92 Å². The third-order valence-electron chi connectivity index (χ3n) is 6.07. The Morgan fingerprint density at radius 2 is 1.69 bits per heavy atom. The molecule has 174 valence electrons. The van der Waals surface area contributed by atoms with Gasteiger partial charge in [-0.05, 0) is 54.0 Å². The quantitative estimate of drug-likeness (QED) is 0.686. The van der Waals surface area contributed by atoms with Crippen molar-refractivity contribution in [3.05, 3.63) is 59.7 Å². The van der Waals surface area contributed by atoms with Gasteiger partial charge in [0.2, 0.25) is 15.9 Å². The average Bonchev–Trinajstić information content (AvgIpc) is 2.79. The highest BCUT2D eigenvalue weighted by Gasteiger charge is 2.32. The van der Waals surface area contributed by atoms with E-state index in [2.05, 4.69) is 26.1 Å². The number of para-hydroxylation sites is 1. The zero-order valence-electron chi connectivity index (χ0n) is 19.4. The summed E-state index contributed by atoms with van der Waals surface area (Å²) in [5.74, 6) is 0.643. The van der Waals surface area contributed by atoms with Crippen molar-refractivity contribution in [2.45, 2.75) is 50.3 Å². The Morgan fingerprint density at radius 1 is 1.06 bits per heavy atom. The van der Waals surface area contributed by atoms with E-state index >= 15 is 0 Å². The molecule has 1 amide bonds. The summed E-state index contributed by atoms with van der Waals surface area (Å²) in [6.45, 7) is 7.54. The van der Waals surface area contributed by atoms with Gasteiger partial charge in [0.25, 0.3) is 0 Å². The average molecular weight is 459 g/mol. The molecule has 6 nitrogen and oxygen atoms in total. The third kappa shape index (κ3) is 5.70. The number of ether oxygens (including phenoxy) is 1. The predicted octanol–water partition coefficient (Wildman–Crippen LogP) is 3.75. The molecule has 2 aromatic carbocycles. The molecule has 7 heteroatoms. The molecule has 0 radical (unpaired) electrons. The molecule has 0 unspecified atom stereocenters. The number of hydrogen-bond donors (Lipinski definition) is 1. The maximum absolute atomic E-state index is 13.0. The number of piperidine rings is 1. The van der Waals surface area contributed by atoms with E-state index < -0.39 is 10.0 Å². The van der Waals surface area contributed by atoms with Gasteiger partial charge in [-0.1, -0.05) is 51.1 Å². The largest absolute Gasteiger partial charge is 0.496 e. The van der Waals surface area contributed by atoms with Crippen molar-refractivity contribution >= 4 is 15.9 Å². The van der Waals surface area contributed by atoms with E-state index in [0.29, 0.717) is 43.8 Å². The number of sulfonamides is 1. The van der Waals surface area contributed by atoms with Gasteiger partial charge in [0, 0.05) is 25.6 Å². The number of carbonyl (C=O) groups excluding carboxylic acids is 1. The second-order valence-electron chi connectivity index (χ2n) is 9.31. The standard InChI is InChI=1S/C25H34N2O4S/c1-25(2,3)21-9-11-22(12-10-21)32(29,30)27-17-14-20(15-18-27)24(28)26-16-13-19-7-5-6-8-23(19)31-4/h5-12,20H,13-18H2,1-4H3,(H,26,28). The molecule has 0 bridgehead atoms. The van der Waals surface area contributed by atoms with Crippen LogP contribution >= 0.6 is 0 Å². The Hall–Kier alpha value is -2.38. The molecule has 0 atom stereocenters. The maximum Gasteiger partial charge on any atom is 0.243 e. The molecular weight excluding hydrogens is 424 g/mol. The SMILES string of the molecule is COc1ccccc1CCNC(=O)C1CCN(S(=O)(=O)c2ccc(C(C)(C)C)cc2)CC1. The summed E-state index contributed by atoms with van der Waals surface area (Å²) in [7, 11) is -1.91. The first-order valence-electron chi connectivity index (χ1n) is 11.1. The predicted molar refractivity (Wildman–Crippen MR) is 126 cm³/mol. The number of nitrogens with one attached hydrogen (secondary N) is 1. The first-order chi connectivity index (χ1) is 15.1. The number of methoxy groups -OCH3 is 1. The third-order valence-corrected chi connectivity index (χ3v) is 7.98. The molecule has 32 heavy (non-hydrogen) atoms. The van der Waals surface area contributed by atoms with Gasteiger partial charge in [0.05, 0.1) is 12.0 Å². The minimum atomic E-state index is -3.55. The normalized spacial score (nSPS) is 16.0. The van der Waals surface area contributed by atoms with Crippen LogP contribution in [-0.2, 0) is 26.7 Å². The van der Waals surface area contributed by atoms with Crippen molar-refractivity contribution in [2.75, 3.05) is 26.7 Å². The van der Waals surface area contributed by atoms with Gasteiger partial charge >= 0.3 is 0 Å². The van der Waals surface area contributed by atoms with E-state index in [-0.39, 0.29) is 17.2 Å². The first kappa shape index (κ1) is 24.3. The highest BCUT2D eigenvalue weighted by atomic mass is 32.2. The topological polar surface area (TPSA) is 75.7 Å². The highest BCUT2D eigenvalue weighted by Crippen LogP contribution is 2.27. The maximum atomic E-state index is 13.0. The number of carbonyl (C=O) groups is 1. The summed E-state index contributed by atoms with van der Waals surface area (Å²) in [4.78, 5) is 12.9. The van der Waals surface area contributed by atoms with Crippen LogP contribution in [-0.4, -0.2) is 45.4 Å². The summed E-state index contributed by atoms with van der Waals surface area (Å²) in [6, 6.07) is 14.9. The van der Waals surface area contributed by atoms with Crippen LogP contribution in [0.3, 0.4) is 0 Å². The van der Waals surface area contributed by atoms with Crippen molar-refractivity contribution in [1.82, 2.24) is 9.62 Å². The minimum absolute atomic E-state index is 0.00789. The number of benzene rings is 2. The molecule has 0 saturated carbocycles.